The minimum absolute atomic E-state index is 0.0986. The van der Waals surface area contributed by atoms with Crippen molar-refractivity contribution in [3.05, 3.63) is 29.8 Å². The van der Waals surface area contributed by atoms with Crippen LogP contribution in [0.3, 0.4) is 0 Å². The van der Waals surface area contributed by atoms with Crippen molar-refractivity contribution < 1.29 is 9.53 Å². The van der Waals surface area contributed by atoms with E-state index in [-0.39, 0.29) is 11.8 Å². The van der Waals surface area contributed by atoms with Gasteiger partial charge in [-0.15, -0.1) is 0 Å². The van der Waals surface area contributed by atoms with Crippen molar-refractivity contribution in [2.75, 3.05) is 44.7 Å². The maximum atomic E-state index is 12.3. The number of rotatable bonds is 4. The fourth-order valence-electron chi connectivity index (χ4n) is 2.89. The Bertz CT molecular complexity index is 480. The molecule has 114 valence electrons. The number of carbonyl (C=O) groups is 1. The SMILES string of the molecule is O=C(Nc1ccccc1CN1CCOCC1)C1CCNC1. The highest BCUT2D eigenvalue weighted by Crippen LogP contribution is 2.20. The average Bonchev–Trinajstić information content (AvgIpc) is 3.05. The first-order chi connectivity index (χ1) is 10.3. The lowest BCUT2D eigenvalue weighted by molar-refractivity contribution is -0.119. The van der Waals surface area contributed by atoms with Crippen LogP contribution in [0.25, 0.3) is 0 Å². The molecule has 2 saturated heterocycles. The van der Waals surface area contributed by atoms with Crippen LogP contribution in [0.1, 0.15) is 12.0 Å². The van der Waals surface area contributed by atoms with Crippen molar-refractivity contribution in [1.82, 2.24) is 10.2 Å². The third-order valence-corrected chi connectivity index (χ3v) is 4.20. The van der Waals surface area contributed by atoms with Gasteiger partial charge in [0.2, 0.25) is 5.91 Å². The topological polar surface area (TPSA) is 53.6 Å². The van der Waals surface area contributed by atoms with Gasteiger partial charge in [0.15, 0.2) is 0 Å². The molecule has 2 fully saturated rings. The van der Waals surface area contributed by atoms with E-state index >= 15 is 0 Å². The van der Waals surface area contributed by atoms with E-state index in [1.54, 1.807) is 0 Å². The molecule has 1 aromatic carbocycles. The number of morpholine rings is 1. The molecule has 5 nitrogen and oxygen atoms in total. The van der Waals surface area contributed by atoms with E-state index in [0.717, 1.165) is 58.0 Å². The summed E-state index contributed by atoms with van der Waals surface area (Å²) in [6.45, 7) is 6.09. The van der Waals surface area contributed by atoms with Gasteiger partial charge in [-0.05, 0) is 24.6 Å². The van der Waals surface area contributed by atoms with Gasteiger partial charge in [0.25, 0.3) is 0 Å². The average molecular weight is 289 g/mol. The number of ether oxygens (including phenoxy) is 1. The van der Waals surface area contributed by atoms with Gasteiger partial charge in [-0.2, -0.15) is 0 Å². The van der Waals surface area contributed by atoms with E-state index in [4.69, 9.17) is 4.74 Å². The lowest BCUT2D eigenvalue weighted by Crippen LogP contribution is -2.36. The first-order valence-electron chi connectivity index (χ1n) is 7.72. The van der Waals surface area contributed by atoms with E-state index < -0.39 is 0 Å². The summed E-state index contributed by atoms with van der Waals surface area (Å²) >= 11 is 0. The molecule has 5 heteroatoms. The molecular weight excluding hydrogens is 266 g/mol. The third-order valence-electron chi connectivity index (χ3n) is 4.20. The number of anilines is 1. The number of carbonyl (C=O) groups excluding carboxylic acids is 1. The van der Waals surface area contributed by atoms with E-state index in [9.17, 15) is 4.79 Å². The van der Waals surface area contributed by atoms with Crippen LogP contribution in [0.2, 0.25) is 0 Å². The molecule has 0 saturated carbocycles. The molecule has 21 heavy (non-hydrogen) atoms. The van der Waals surface area contributed by atoms with Crippen molar-refractivity contribution in [3.8, 4) is 0 Å². The molecule has 3 rings (SSSR count). The number of nitrogens with zero attached hydrogens (tertiary/aromatic N) is 1. The van der Waals surface area contributed by atoms with Gasteiger partial charge in [-0.1, -0.05) is 18.2 Å². The minimum atomic E-state index is 0.0986. The van der Waals surface area contributed by atoms with Crippen LogP contribution in [0.15, 0.2) is 24.3 Å². The second-order valence-electron chi connectivity index (χ2n) is 5.72. The maximum Gasteiger partial charge on any atom is 0.228 e. The van der Waals surface area contributed by atoms with Crippen LogP contribution in [-0.4, -0.2) is 50.2 Å². The van der Waals surface area contributed by atoms with E-state index in [2.05, 4.69) is 21.6 Å². The fourth-order valence-corrected chi connectivity index (χ4v) is 2.89. The molecule has 2 aliphatic rings. The van der Waals surface area contributed by atoms with E-state index in [1.807, 2.05) is 18.2 Å². The second-order valence-corrected chi connectivity index (χ2v) is 5.72. The molecule has 1 amide bonds. The van der Waals surface area contributed by atoms with Crippen LogP contribution in [0, 0.1) is 5.92 Å². The van der Waals surface area contributed by atoms with Crippen LogP contribution in [0.5, 0.6) is 0 Å². The molecule has 0 radical (unpaired) electrons. The number of benzene rings is 1. The number of hydrogen-bond donors (Lipinski definition) is 2. The summed E-state index contributed by atoms with van der Waals surface area (Å²) in [4.78, 5) is 14.6. The van der Waals surface area contributed by atoms with Crippen molar-refractivity contribution >= 4 is 11.6 Å². The molecule has 1 atom stereocenters. The highest BCUT2D eigenvalue weighted by molar-refractivity contribution is 5.93. The summed E-state index contributed by atoms with van der Waals surface area (Å²) in [5.41, 5.74) is 2.12. The number of amides is 1. The number of nitrogens with one attached hydrogen (secondary N) is 2. The van der Waals surface area contributed by atoms with Crippen LogP contribution < -0.4 is 10.6 Å². The Balaban J connectivity index is 1.65. The smallest absolute Gasteiger partial charge is 0.228 e. The van der Waals surface area contributed by atoms with E-state index in [0.29, 0.717) is 0 Å². The monoisotopic (exact) mass is 289 g/mol. The molecule has 0 aromatic heterocycles. The standard InChI is InChI=1S/C16H23N3O2/c20-16(13-5-6-17-11-13)18-15-4-2-1-3-14(15)12-19-7-9-21-10-8-19/h1-4,13,17H,5-12H2,(H,18,20). The minimum Gasteiger partial charge on any atom is -0.379 e. The molecule has 1 aromatic rings. The summed E-state index contributed by atoms with van der Waals surface area (Å²) in [6, 6.07) is 8.10. The van der Waals surface area contributed by atoms with Gasteiger partial charge in [0.1, 0.15) is 0 Å². The lowest BCUT2D eigenvalue weighted by atomic mass is 10.1. The summed E-state index contributed by atoms with van der Waals surface area (Å²) in [5, 5.41) is 6.34. The summed E-state index contributed by atoms with van der Waals surface area (Å²) in [7, 11) is 0. The number of hydrogen-bond acceptors (Lipinski definition) is 4. The second kappa shape index (κ2) is 7.02. The van der Waals surface area contributed by atoms with Crippen molar-refractivity contribution in [1.29, 1.82) is 0 Å². The quantitative estimate of drug-likeness (QED) is 0.870. The molecule has 0 spiro atoms. The Morgan fingerprint density at radius 2 is 2.14 bits per heavy atom. The molecule has 2 N–H and O–H groups in total. The molecular formula is C16H23N3O2. The van der Waals surface area contributed by atoms with E-state index in [1.165, 1.54) is 5.56 Å². The van der Waals surface area contributed by atoms with Gasteiger partial charge in [0, 0.05) is 31.9 Å². The molecule has 2 heterocycles. The normalized spacial score (nSPS) is 23.1. The Morgan fingerprint density at radius 3 is 2.90 bits per heavy atom. The first-order valence-corrected chi connectivity index (χ1v) is 7.72. The van der Waals surface area contributed by atoms with Crippen LogP contribution in [-0.2, 0) is 16.1 Å². The molecule has 0 bridgehead atoms. The third kappa shape index (κ3) is 3.81. The first kappa shape index (κ1) is 14.5. The Hall–Kier alpha value is -1.43. The predicted octanol–water partition coefficient (Wildman–Crippen LogP) is 1.07. The van der Waals surface area contributed by atoms with Crippen molar-refractivity contribution in [3.63, 3.8) is 0 Å². The highest BCUT2D eigenvalue weighted by Gasteiger charge is 2.23. The zero-order valence-electron chi connectivity index (χ0n) is 12.3. The molecule has 2 aliphatic heterocycles. The fraction of sp³-hybridized carbons (Fsp3) is 0.562. The van der Waals surface area contributed by atoms with Gasteiger partial charge >= 0.3 is 0 Å². The van der Waals surface area contributed by atoms with Crippen LogP contribution >= 0.6 is 0 Å². The molecule has 0 aliphatic carbocycles. The lowest BCUT2D eigenvalue weighted by Gasteiger charge is -2.27. The number of para-hydroxylation sites is 1. The predicted molar refractivity (Wildman–Crippen MR) is 82.1 cm³/mol. The highest BCUT2D eigenvalue weighted by atomic mass is 16.5. The van der Waals surface area contributed by atoms with Gasteiger partial charge < -0.3 is 15.4 Å². The largest absolute Gasteiger partial charge is 0.379 e. The molecule has 1 unspecified atom stereocenters. The van der Waals surface area contributed by atoms with Crippen molar-refractivity contribution in [2.45, 2.75) is 13.0 Å². The zero-order chi connectivity index (χ0) is 14.5. The zero-order valence-corrected chi connectivity index (χ0v) is 12.3. The summed E-state index contributed by atoms with van der Waals surface area (Å²) in [5.74, 6) is 0.232. The summed E-state index contributed by atoms with van der Waals surface area (Å²) < 4.78 is 5.38. The maximum absolute atomic E-state index is 12.3. The summed E-state index contributed by atoms with van der Waals surface area (Å²) in [6.07, 6.45) is 0.928. The van der Waals surface area contributed by atoms with Crippen molar-refractivity contribution in [2.24, 2.45) is 5.92 Å². The Labute approximate surface area is 125 Å². The Kier molecular flexibility index (Phi) is 4.85. The Morgan fingerprint density at radius 1 is 1.33 bits per heavy atom. The van der Waals surface area contributed by atoms with Gasteiger partial charge in [-0.25, -0.2) is 0 Å². The van der Waals surface area contributed by atoms with Gasteiger partial charge in [0.05, 0.1) is 19.1 Å². The van der Waals surface area contributed by atoms with Gasteiger partial charge in [-0.3, -0.25) is 9.69 Å². The van der Waals surface area contributed by atoms with Crippen LogP contribution in [0.4, 0.5) is 5.69 Å².